The van der Waals surface area contributed by atoms with Gasteiger partial charge < -0.3 is 9.69 Å². The number of rotatable bonds is 9. The summed E-state index contributed by atoms with van der Waals surface area (Å²) in [6, 6.07) is 15.5. The number of nitro groups is 1. The van der Waals surface area contributed by atoms with Crippen LogP contribution in [-0.2, 0) is 11.3 Å². The van der Waals surface area contributed by atoms with Gasteiger partial charge in [0.15, 0.2) is 6.20 Å². The molecule has 1 N–H and O–H groups in total. The number of carbonyl (C=O) groups is 1. The zero-order valence-corrected chi connectivity index (χ0v) is 21.3. The van der Waals surface area contributed by atoms with Gasteiger partial charge in [0.05, 0.1) is 21.0 Å². The first kappa shape index (κ1) is 25.5. The maximum absolute atomic E-state index is 11.1. The van der Waals surface area contributed by atoms with Crippen molar-refractivity contribution in [2.75, 3.05) is 11.9 Å². The van der Waals surface area contributed by atoms with Crippen LogP contribution in [0.2, 0.25) is 1.41 Å². The van der Waals surface area contributed by atoms with Gasteiger partial charge in [0.25, 0.3) is 5.69 Å². The number of Topliss-reactive ketones (excluding diaryl/α,β-unsaturated/α-hetero) is 1. The summed E-state index contributed by atoms with van der Waals surface area (Å²) in [5, 5.41) is 15.5. The van der Waals surface area contributed by atoms with Crippen LogP contribution in [0.1, 0.15) is 38.2 Å². The average molecular weight is 502 g/mol. The molecule has 4 rings (SSSR count). The van der Waals surface area contributed by atoms with Gasteiger partial charge in [0, 0.05) is 49.1 Å². The average Bonchev–Trinajstić information content (AvgIpc) is 3.19. The summed E-state index contributed by atoms with van der Waals surface area (Å²) in [5.74, 6) is 0.261. The zero-order valence-electron chi connectivity index (χ0n) is 21.5. The number of para-hydroxylation sites is 1. The Morgan fingerprint density at radius 3 is 2.78 bits per heavy atom. The van der Waals surface area contributed by atoms with Crippen molar-refractivity contribution < 1.29 is 15.7 Å². The number of aromatic nitrogens is 1. The number of non-ortho nitro benzene ring substituents is 1. The summed E-state index contributed by atoms with van der Waals surface area (Å²) < 4.78 is 7.89. The number of nitrogens with one attached hydrogen (secondary N) is 1. The van der Waals surface area contributed by atoms with Crippen LogP contribution in [0.3, 0.4) is 0 Å². The predicted molar refractivity (Wildman–Crippen MR) is 146 cm³/mol. The molecule has 183 valence electrons. The van der Waals surface area contributed by atoms with Crippen LogP contribution in [-0.4, -0.2) is 25.4 Å². The number of hydrogen-bond acceptors (Lipinski definition) is 6. The van der Waals surface area contributed by atoms with Crippen LogP contribution in [0.15, 0.2) is 76.8 Å². The summed E-state index contributed by atoms with van der Waals surface area (Å²) in [6.45, 7) is 2.58. The first-order valence-corrected chi connectivity index (χ1v) is 12.5. The van der Waals surface area contributed by atoms with Gasteiger partial charge in [-0.15, -0.1) is 0 Å². The van der Waals surface area contributed by atoms with Gasteiger partial charge >= 0.3 is 14.4 Å². The second-order valence-electron chi connectivity index (χ2n) is 8.43. The van der Waals surface area contributed by atoms with Crippen molar-refractivity contribution in [3.05, 3.63) is 87.6 Å². The molecule has 0 bridgehead atoms. The van der Waals surface area contributed by atoms with Crippen LogP contribution in [0.25, 0.3) is 17.0 Å². The van der Waals surface area contributed by atoms with E-state index < -0.39 is 0 Å². The van der Waals surface area contributed by atoms with Crippen LogP contribution < -0.4 is 9.47 Å². The number of aryl methyl sites for hydroxylation is 1. The van der Waals surface area contributed by atoms with E-state index in [4.69, 9.17) is 1.41 Å². The fourth-order valence-corrected chi connectivity index (χ4v) is 5.23. The third-order valence-electron chi connectivity index (χ3n) is 5.96. The SMILES string of the molecule is CC(=O)CCCCC[n+]1ccc(/C=C/C=C2\Sc3cc([N+](=O)[O-])ccc3N2C)c2ccccc21.[3H]N=[B]. The summed E-state index contributed by atoms with van der Waals surface area (Å²) >= 11 is 1.54. The molecule has 7 nitrogen and oxygen atoms in total. The molecule has 1 aliphatic rings. The Labute approximate surface area is 218 Å². The van der Waals surface area contributed by atoms with Crippen LogP contribution >= 0.6 is 11.8 Å². The fourth-order valence-electron chi connectivity index (χ4n) is 4.14. The van der Waals surface area contributed by atoms with Crippen molar-refractivity contribution >= 4 is 53.5 Å². The van der Waals surface area contributed by atoms with Gasteiger partial charge in [0.1, 0.15) is 12.3 Å². The number of pyridine rings is 1. The second kappa shape index (κ2) is 12.9. The molecule has 1 radical (unpaired) electrons. The standard InChI is InChI=1S/C27H28N3O3S.BHN/c1-20(31)9-4-3-7-17-29-18-16-21(23-11-5-6-12-24(23)29)10-8-13-27-28(2)25-15-14-22(30(32)33)19-26(25)34-27;1-2/h5-6,8,10-16,18-19H,3-4,7,9,17H2,1-2H3;2H/q+1;/i;2T. The number of nitro benzene ring substituents is 1. The number of nitrogens with zero attached hydrogens (tertiary/aromatic N) is 3. The van der Waals surface area contributed by atoms with E-state index in [2.05, 4.69) is 65.0 Å². The zero-order chi connectivity index (χ0) is 26.8. The number of ketones is 1. The van der Waals surface area contributed by atoms with Crippen LogP contribution in [0.4, 0.5) is 11.4 Å². The Kier molecular flexibility index (Phi) is 9.16. The van der Waals surface area contributed by atoms with Crippen molar-refractivity contribution in [3.63, 3.8) is 0 Å². The fraction of sp³-hybridized carbons (Fsp3) is 0.259. The molecule has 0 aliphatic carbocycles. The van der Waals surface area contributed by atoms with Gasteiger partial charge in [-0.05, 0) is 43.5 Å². The predicted octanol–water partition coefficient (Wildman–Crippen LogP) is 6.20. The van der Waals surface area contributed by atoms with Crippen LogP contribution in [0.5, 0.6) is 0 Å². The Balaban J connectivity index is 0.00000121. The summed E-state index contributed by atoms with van der Waals surface area (Å²) in [6.07, 6.45) is 12.0. The van der Waals surface area contributed by atoms with Crippen molar-refractivity contribution in [1.29, 1.82) is 5.31 Å². The first-order chi connectivity index (χ1) is 17.8. The molecule has 2 aromatic carbocycles. The third-order valence-corrected chi connectivity index (χ3v) is 7.13. The molecule has 0 atom stereocenters. The molecule has 0 fully saturated rings. The number of anilines is 1. The molecule has 1 aromatic heterocycles. The first-order valence-electron chi connectivity index (χ1n) is 12.1. The van der Waals surface area contributed by atoms with E-state index in [0.29, 0.717) is 6.42 Å². The molecule has 0 saturated carbocycles. The van der Waals surface area contributed by atoms with Crippen molar-refractivity contribution in [1.82, 2.24) is 0 Å². The van der Waals surface area contributed by atoms with E-state index in [-0.39, 0.29) is 16.4 Å². The number of hydrogen-bond donors (Lipinski definition) is 1. The third kappa shape index (κ3) is 6.54. The van der Waals surface area contributed by atoms with E-state index in [1.54, 1.807) is 25.1 Å². The maximum atomic E-state index is 11.1. The number of thioether (sulfide) groups is 1. The minimum atomic E-state index is -0.360. The molecule has 36 heavy (non-hydrogen) atoms. The van der Waals surface area contributed by atoms with E-state index in [1.165, 1.54) is 22.7 Å². The molecular formula is C27H29BN4O3S+. The molecule has 0 saturated heterocycles. The van der Waals surface area contributed by atoms with Crippen molar-refractivity contribution in [3.8, 4) is 0 Å². The molecular weight excluding hydrogens is 471 g/mol. The molecule has 1 aliphatic heterocycles. The van der Waals surface area contributed by atoms with Gasteiger partial charge in [-0.2, -0.15) is 4.57 Å². The Bertz CT molecular complexity index is 1360. The van der Waals surface area contributed by atoms with Crippen LogP contribution in [0, 0.1) is 15.4 Å². The molecule has 0 amide bonds. The number of unbranched alkanes of at least 4 members (excludes halogenated alkanes) is 2. The van der Waals surface area contributed by atoms with Crippen molar-refractivity contribution in [2.24, 2.45) is 0 Å². The van der Waals surface area contributed by atoms with Crippen molar-refractivity contribution in [2.45, 2.75) is 44.0 Å². The van der Waals surface area contributed by atoms with E-state index in [0.717, 1.165) is 47.0 Å². The molecule has 3 aromatic rings. The topological polar surface area (TPSA) is 91.2 Å². The molecule has 9 heteroatoms. The number of carbonyl (C=O) groups excluding carboxylic acids is 1. The second-order valence-corrected chi connectivity index (χ2v) is 9.49. The number of fused-ring (bicyclic) bond motifs is 2. The van der Waals surface area contributed by atoms with Gasteiger partial charge in [-0.25, -0.2) is 0 Å². The van der Waals surface area contributed by atoms with E-state index in [1.807, 2.05) is 19.2 Å². The summed E-state index contributed by atoms with van der Waals surface area (Å²) in [5.41, 5.74) is 3.42. The summed E-state index contributed by atoms with van der Waals surface area (Å²) in [4.78, 5) is 24.8. The van der Waals surface area contributed by atoms with Gasteiger partial charge in [0.2, 0.25) is 5.52 Å². The number of allylic oxidation sites excluding steroid dienone is 2. The van der Waals surface area contributed by atoms with Gasteiger partial charge in [-0.1, -0.05) is 36.0 Å². The molecule has 0 spiro atoms. The summed E-state index contributed by atoms with van der Waals surface area (Å²) in [7, 11) is 6.11. The quantitative estimate of drug-likeness (QED) is 0.124. The normalized spacial score (nSPS) is 13.9. The number of benzene rings is 2. The minimum absolute atomic E-state index is 0.111. The Hall–Kier alpha value is -3.59. The monoisotopic (exact) mass is 502 g/mol. The molecule has 2 heterocycles. The Morgan fingerprint density at radius 1 is 1.25 bits per heavy atom. The molecule has 0 unspecified atom stereocenters. The Morgan fingerprint density at radius 2 is 2.03 bits per heavy atom. The van der Waals surface area contributed by atoms with E-state index in [9.17, 15) is 14.9 Å². The van der Waals surface area contributed by atoms with Gasteiger partial charge in [-0.3, -0.25) is 10.1 Å². The van der Waals surface area contributed by atoms with E-state index >= 15 is 0 Å².